The summed E-state index contributed by atoms with van der Waals surface area (Å²) in [5.41, 5.74) is 0.290. The van der Waals surface area contributed by atoms with Crippen molar-refractivity contribution in [2.75, 3.05) is 0 Å². The zero-order valence-electron chi connectivity index (χ0n) is 25.8. The van der Waals surface area contributed by atoms with Crippen LogP contribution in [0, 0.1) is 52.2 Å². The van der Waals surface area contributed by atoms with Crippen molar-refractivity contribution in [3.63, 3.8) is 0 Å². The molecule has 0 aromatic heterocycles. The lowest BCUT2D eigenvalue weighted by atomic mass is 9.44. The molecule has 0 radical (unpaired) electrons. The minimum absolute atomic E-state index is 0.106. The van der Waals surface area contributed by atoms with Gasteiger partial charge in [-0.1, -0.05) is 53.7 Å². The van der Waals surface area contributed by atoms with E-state index in [1.807, 2.05) is 0 Å². The number of hydrogen-bond donors (Lipinski definition) is 2. The van der Waals surface area contributed by atoms with Gasteiger partial charge in [-0.25, -0.2) is 0 Å². The summed E-state index contributed by atoms with van der Waals surface area (Å²) in [7, 11) is 0. The summed E-state index contributed by atoms with van der Waals surface area (Å²) in [5.74, 6) is 0.313. The van der Waals surface area contributed by atoms with Crippen molar-refractivity contribution in [2.45, 2.75) is 117 Å². The van der Waals surface area contributed by atoms with E-state index in [2.05, 4.69) is 20.8 Å². The van der Waals surface area contributed by atoms with Crippen LogP contribution in [0.25, 0.3) is 0 Å². The van der Waals surface area contributed by atoms with Gasteiger partial charge in [0.05, 0.1) is 12.2 Å². The van der Waals surface area contributed by atoms with Crippen LogP contribution in [0.2, 0.25) is 0 Å². The highest BCUT2D eigenvalue weighted by Crippen LogP contribution is 2.68. The number of rotatable bonds is 5. The molecule has 4 aliphatic rings. The maximum absolute atomic E-state index is 11.2. The Morgan fingerprint density at radius 2 is 1.66 bits per heavy atom. The molecular weight excluding hydrogens is 356 g/mol. The van der Waals surface area contributed by atoms with Gasteiger partial charge in [0.1, 0.15) is 0 Å². The Morgan fingerprint density at radius 3 is 2.41 bits per heavy atom. The molecule has 2 N–H and O–H groups in total. The highest BCUT2D eigenvalue weighted by molar-refractivity contribution is 5.11. The molecule has 168 valence electrons. The van der Waals surface area contributed by atoms with Crippen molar-refractivity contribution in [2.24, 2.45) is 52.2 Å². The van der Waals surface area contributed by atoms with Gasteiger partial charge >= 0.3 is 0 Å². The zero-order chi connectivity index (χ0) is 26.9. The number of fused-ring (bicyclic) bond motifs is 5. The Bertz CT molecular complexity index is 784. The topological polar surface area (TPSA) is 40.5 Å². The Morgan fingerprint density at radius 1 is 0.931 bits per heavy atom. The molecule has 10 atom stereocenters. The van der Waals surface area contributed by atoms with E-state index in [1.54, 1.807) is 0 Å². The second-order valence-corrected chi connectivity index (χ2v) is 11.8. The first kappa shape index (κ1) is 14.9. The molecule has 0 saturated heterocycles. The molecule has 0 spiro atoms. The summed E-state index contributed by atoms with van der Waals surface area (Å²) in [6.45, 7) is 1.37. The predicted molar refractivity (Wildman–Crippen MR) is 120 cm³/mol. The Labute approximate surface area is 190 Å². The van der Waals surface area contributed by atoms with E-state index in [4.69, 9.17) is 9.60 Å². The van der Waals surface area contributed by atoms with Crippen LogP contribution in [0.5, 0.6) is 0 Å². The van der Waals surface area contributed by atoms with Gasteiger partial charge in [0, 0.05) is 9.60 Å². The van der Waals surface area contributed by atoms with Crippen LogP contribution in [0.3, 0.4) is 0 Å². The van der Waals surface area contributed by atoms with Crippen LogP contribution in [0.1, 0.15) is 115 Å². The van der Waals surface area contributed by atoms with Gasteiger partial charge in [-0.15, -0.1) is 0 Å². The fraction of sp³-hybridized carbons (Fsp3) is 1.00. The molecule has 0 aliphatic heterocycles. The van der Waals surface area contributed by atoms with Crippen LogP contribution in [-0.2, 0) is 0 Å². The van der Waals surface area contributed by atoms with Gasteiger partial charge in [-0.3, -0.25) is 0 Å². The lowest BCUT2D eigenvalue weighted by Gasteiger charge is -2.62. The van der Waals surface area contributed by atoms with Crippen LogP contribution < -0.4 is 0 Å². The summed E-state index contributed by atoms with van der Waals surface area (Å²) in [5, 5.41) is 21.5. The average molecular weight is 412 g/mol. The van der Waals surface area contributed by atoms with E-state index in [-0.39, 0.29) is 35.4 Å². The van der Waals surface area contributed by atoms with Crippen LogP contribution in [0.15, 0.2) is 0 Å². The van der Waals surface area contributed by atoms with Crippen molar-refractivity contribution in [3.05, 3.63) is 0 Å². The first-order valence-corrected chi connectivity index (χ1v) is 12.3. The first-order valence-electron chi connectivity index (χ1n) is 15.8. The van der Waals surface area contributed by atoms with Crippen LogP contribution >= 0.6 is 0 Å². The lowest BCUT2D eigenvalue weighted by molar-refractivity contribution is -0.172. The Hall–Kier alpha value is -0.0800. The van der Waals surface area contributed by atoms with Gasteiger partial charge in [0.2, 0.25) is 0 Å². The van der Waals surface area contributed by atoms with E-state index in [9.17, 15) is 10.2 Å². The zero-order valence-corrected chi connectivity index (χ0v) is 18.8. The highest BCUT2D eigenvalue weighted by atomic mass is 16.3. The summed E-state index contributed by atoms with van der Waals surface area (Å²) in [4.78, 5) is 0. The Balaban J connectivity index is 1.44. The van der Waals surface area contributed by atoms with E-state index >= 15 is 0 Å². The number of hydrogen-bond acceptors (Lipinski definition) is 2. The fourth-order valence-electron chi connectivity index (χ4n) is 9.06. The molecule has 4 aliphatic carbocycles. The van der Waals surface area contributed by atoms with Crippen molar-refractivity contribution >= 4 is 0 Å². The molecule has 0 amide bonds. The van der Waals surface area contributed by atoms with Gasteiger partial charge in [0.25, 0.3) is 0 Å². The molecule has 2 heteroatoms. The monoisotopic (exact) mass is 411 g/mol. The number of aliphatic hydroxyl groups excluding tert-OH is 2. The van der Waals surface area contributed by atoms with E-state index in [0.717, 1.165) is 44.9 Å². The smallest absolute Gasteiger partial charge is 0.0577 e. The predicted octanol–water partition coefficient (Wildman–Crippen LogP) is 6.44. The molecule has 4 fully saturated rings. The second-order valence-electron chi connectivity index (χ2n) is 11.8. The maximum atomic E-state index is 11.2. The van der Waals surface area contributed by atoms with Crippen molar-refractivity contribution in [1.29, 1.82) is 0 Å². The van der Waals surface area contributed by atoms with Gasteiger partial charge < -0.3 is 10.2 Å². The number of aliphatic hydroxyl groups is 2. The largest absolute Gasteiger partial charge is 0.393 e. The van der Waals surface area contributed by atoms with Crippen molar-refractivity contribution < 1.29 is 19.8 Å². The Kier molecular flexibility index (Phi) is 4.17. The van der Waals surface area contributed by atoms with Gasteiger partial charge in [0.15, 0.2) is 0 Å². The summed E-state index contributed by atoms with van der Waals surface area (Å²) >= 11 is 0. The highest BCUT2D eigenvalue weighted by Gasteiger charge is 2.62. The molecule has 0 aromatic rings. The van der Waals surface area contributed by atoms with Gasteiger partial charge in [-0.2, -0.15) is 0 Å². The van der Waals surface area contributed by atoms with E-state index in [0.29, 0.717) is 36.0 Å². The quantitative estimate of drug-likeness (QED) is 0.546. The average Bonchev–Trinajstić information content (AvgIpc) is 3.11. The SMILES string of the molecule is [2H]C([2H])([2H])C([2H])(CCCC(C)[C@H]1CC[C@H]2[C@@H]3C[C@H](O)[C@H]4C[C@@H](O)CC[C@]4(C)[C@H]3CC[C@]12C)C([2H])([2H])[2H]. The third kappa shape index (κ3) is 3.73. The maximum Gasteiger partial charge on any atom is 0.0577 e. The third-order valence-electron chi connectivity index (χ3n) is 10.5. The minimum atomic E-state index is -2.84. The molecule has 0 heterocycles. The molecule has 1 unspecified atom stereocenters. The van der Waals surface area contributed by atoms with Crippen LogP contribution in [0.4, 0.5) is 0 Å². The lowest BCUT2D eigenvalue weighted by Crippen LogP contribution is -2.58. The summed E-state index contributed by atoms with van der Waals surface area (Å²) < 4.78 is 54.5. The van der Waals surface area contributed by atoms with E-state index < -0.39 is 19.6 Å². The van der Waals surface area contributed by atoms with Crippen molar-refractivity contribution in [3.8, 4) is 0 Å². The van der Waals surface area contributed by atoms with E-state index in [1.165, 1.54) is 12.8 Å². The molecule has 29 heavy (non-hydrogen) atoms. The minimum Gasteiger partial charge on any atom is -0.393 e. The molecule has 4 rings (SSSR count). The van der Waals surface area contributed by atoms with Gasteiger partial charge in [-0.05, 0) is 104 Å². The molecule has 0 bridgehead atoms. The molecule has 0 aromatic carbocycles. The molecular formula is C27H48O2. The molecule has 4 saturated carbocycles. The normalized spacial score (nSPS) is 55.5. The summed E-state index contributed by atoms with van der Waals surface area (Å²) in [6.07, 6.45) is 8.47. The first-order chi connectivity index (χ1) is 16.5. The second kappa shape index (κ2) is 8.12. The summed E-state index contributed by atoms with van der Waals surface area (Å²) in [6, 6.07) is 0. The van der Waals surface area contributed by atoms with Crippen molar-refractivity contribution in [1.82, 2.24) is 0 Å². The molecule has 2 nitrogen and oxygen atoms in total. The standard InChI is InChI=1S/C27H48O2/c1-17(2)7-6-8-18(3)21-9-10-22-20-16-25(29)24-15-19(28)11-13-27(24,5)23(20)12-14-26(21,22)4/h17-25,28-29H,6-16H2,1-5H3/t18?,19-,20-,21+,22-,23-,24+,25-,26+,27+/m0/s1/i1D3,2D3,17D. The fourth-order valence-corrected chi connectivity index (χ4v) is 9.06. The van der Waals surface area contributed by atoms with Crippen LogP contribution in [-0.4, -0.2) is 22.4 Å². The third-order valence-corrected chi connectivity index (χ3v) is 10.5.